The van der Waals surface area contributed by atoms with Gasteiger partial charge in [-0.3, -0.25) is 15.3 Å². The van der Waals surface area contributed by atoms with Crippen LogP contribution in [0.2, 0.25) is 0 Å². The number of aromatic amines is 1. The van der Waals surface area contributed by atoms with Gasteiger partial charge in [-0.2, -0.15) is 5.10 Å². The summed E-state index contributed by atoms with van der Waals surface area (Å²) in [4.78, 5) is 17.5. The second-order valence-electron chi connectivity index (χ2n) is 8.00. The number of hydrogen-bond acceptors (Lipinski definition) is 6. The maximum absolute atomic E-state index is 11.0. The molecule has 0 unspecified atom stereocenters. The van der Waals surface area contributed by atoms with Gasteiger partial charge in [-0.25, -0.2) is 9.78 Å². The Morgan fingerprint density at radius 1 is 1.09 bits per heavy atom. The minimum atomic E-state index is -1.16. The van der Waals surface area contributed by atoms with Gasteiger partial charge in [-0.1, -0.05) is 24.3 Å². The summed E-state index contributed by atoms with van der Waals surface area (Å²) in [5.74, 6) is 0.671. The van der Waals surface area contributed by atoms with Gasteiger partial charge in [-0.05, 0) is 46.5 Å². The number of carboxylic acid groups (broad SMARTS) is 1. The van der Waals surface area contributed by atoms with Gasteiger partial charge in [-0.15, -0.1) is 0 Å². The number of benzene rings is 2. The number of aromatic nitrogens is 3. The van der Waals surface area contributed by atoms with Crippen molar-refractivity contribution in [1.82, 2.24) is 20.1 Å². The Bertz CT molecular complexity index is 1300. The molecule has 0 bridgehead atoms. The average Bonchev–Trinajstić information content (AvgIpc) is 3.20. The Balaban J connectivity index is 1.51. The van der Waals surface area contributed by atoms with E-state index in [2.05, 4.69) is 55.7 Å². The fourth-order valence-corrected chi connectivity index (χ4v) is 4.13. The van der Waals surface area contributed by atoms with Crippen LogP contribution in [-0.2, 0) is 11.3 Å². The first-order valence-electron chi connectivity index (χ1n) is 10.7. The number of pyridine rings is 1. The molecule has 1 fully saturated rings. The zero-order valence-corrected chi connectivity index (χ0v) is 17.9. The summed E-state index contributed by atoms with van der Waals surface area (Å²) >= 11 is 0. The number of nitrogen functional groups attached to an aromatic ring is 1. The number of carbonyl (C=O) groups is 1. The molecular weight excluding hydrogens is 420 g/mol. The van der Waals surface area contributed by atoms with E-state index in [0.29, 0.717) is 5.82 Å². The molecule has 0 radical (unpaired) electrons. The molecule has 3 heterocycles. The Morgan fingerprint density at radius 2 is 1.88 bits per heavy atom. The predicted octanol–water partition coefficient (Wildman–Crippen LogP) is 3.80. The van der Waals surface area contributed by atoms with E-state index >= 15 is 0 Å². The van der Waals surface area contributed by atoms with Crippen LogP contribution in [0.15, 0.2) is 54.7 Å². The van der Waals surface area contributed by atoms with Crippen molar-refractivity contribution in [3.63, 3.8) is 0 Å². The third-order valence-corrected chi connectivity index (χ3v) is 5.81. The van der Waals surface area contributed by atoms with E-state index in [0.717, 1.165) is 66.0 Å². The molecule has 2 aromatic heterocycles. The summed E-state index contributed by atoms with van der Waals surface area (Å²) < 4.78 is 5.43. The van der Waals surface area contributed by atoms with Gasteiger partial charge in [0.25, 0.3) is 0 Å². The molecule has 1 aliphatic heterocycles. The summed E-state index contributed by atoms with van der Waals surface area (Å²) in [5.41, 5.74) is 11.9. The summed E-state index contributed by atoms with van der Waals surface area (Å²) in [6, 6.07) is 16.0. The molecule has 2 aromatic carbocycles. The number of nitrogens with one attached hydrogen (secondary N) is 2. The lowest BCUT2D eigenvalue weighted by Gasteiger charge is -2.26. The molecule has 1 aliphatic rings. The molecule has 5 rings (SSSR count). The number of morpholine rings is 1. The van der Waals surface area contributed by atoms with Crippen LogP contribution in [0.5, 0.6) is 0 Å². The maximum Gasteiger partial charge on any atom is 0.410 e. The summed E-state index contributed by atoms with van der Waals surface area (Å²) in [5, 5.41) is 19.4. The SMILES string of the molecule is Nc1n[nH]c2c(-c3ccc(CN4CCOCC4)cc3)cc(-c3ccnc(NC(=O)O)c3)cc12. The quantitative estimate of drug-likeness (QED) is 0.368. The lowest BCUT2D eigenvalue weighted by molar-refractivity contribution is 0.0342. The molecule has 0 spiro atoms. The minimum absolute atomic E-state index is 0.259. The minimum Gasteiger partial charge on any atom is -0.465 e. The van der Waals surface area contributed by atoms with E-state index in [4.69, 9.17) is 15.6 Å². The smallest absolute Gasteiger partial charge is 0.410 e. The second-order valence-corrected chi connectivity index (χ2v) is 8.00. The lowest BCUT2D eigenvalue weighted by Crippen LogP contribution is -2.35. The van der Waals surface area contributed by atoms with E-state index in [1.807, 2.05) is 12.1 Å². The Labute approximate surface area is 190 Å². The van der Waals surface area contributed by atoms with Gasteiger partial charge in [0.15, 0.2) is 5.82 Å². The highest BCUT2D eigenvalue weighted by Crippen LogP contribution is 2.35. The molecule has 9 nitrogen and oxygen atoms in total. The highest BCUT2D eigenvalue weighted by molar-refractivity contribution is 6.02. The number of H-pyrrole nitrogens is 1. The van der Waals surface area contributed by atoms with E-state index in [1.54, 1.807) is 12.3 Å². The average molecular weight is 444 g/mol. The number of anilines is 2. The van der Waals surface area contributed by atoms with Gasteiger partial charge in [0, 0.05) is 36.8 Å². The van der Waals surface area contributed by atoms with Crippen LogP contribution in [0.4, 0.5) is 16.4 Å². The van der Waals surface area contributed by atoms with Crippen LogP contribution in [0.1, 0.15) is 5.56 Å². The van der Waals surface area contributed by atoms with Crippen molar-refractivity contribution in [2.45, 2.75) is 6.54 Å². The Morgan fingerprint density at radius 3 is 2.64 bits per heavy atom. The first kappa shape index (κ1) is 20.9. The van der Waals surface area contributed by atoms with E-state index in [1.165, 1.54) is 5.56 Å². The van der Waals surface area contributed by atoms with Gasteiger partial charge in [0.05, 0.1) is 18.7 Å². The van der Waals surface area contributed by atoms with Crippen molar-refractivity contribution in [2.24, 2.45) is 0 Å². The van der Waals surface area contributed by atoms with Crippen LogP contribution in [-0.4, -0.2) is 57.6 Å². The molecule has 9 heteroatoms. The first-order chi connectivity index (χ1) is 16.1. The standard InChI is InChI=1S/C24H24N6O3/c25-23-20-12-18(17-5-6-26-21(13-17)27-24(31)32)11-19(22(20)28-29-23)16-3-1-15(2-4-16)14-30-7-9-33-10-8-30/h1-6,11-13H,7-10,14H2,(H,26,27)(H,31,32)(H3,25,28,29). The third-order valence-electron chi connectivity index (χ3n) is 5.81. The van der Waals surface area contributed by atoms with Crippen LogP contribution in [0.25, 0.3) is 33.2 Å². The molecule has 33 heavy (non-hydrogen) atoms. The van der Waals surface area contributed by atoms with Crippen LogP contribution < -0.4 is 11.1 Å². The fourth-order valence-electron chi connectivity index (χ4n) is 4.13. The number of nitrogens with zero attached hydrogens (tertiary/aromatic N) is 3. The molecular formula is C24H24N6O3. The molecule has 0 atom stereocenters. The van der Waals surface area contributed by atoms with E-state index in [-0.39, 0.29) is 5.82 Å². The zero-order chi connectivity index (χ0) is 22.8. The first-order valence-corrected chi connectivity index (χ1v) is 10.7. The number of amides is 1. The fraction of sp³-hybridized carbons (Fsp3) is 0.208. The van der Waals surface area contributed by atoms with Gasteiger partial charge in [0.2, 0.25) is 0 Å². The maximum atomic E-state index is 11.0. The number of fused-ring (bicyclic) bond motifs is 1. The highest BCUT2D eigenvalue weighted by atomic mass is 16.5. The van der Waals surface area contributed by atoms with E-state index in [9.17, 15) is 4.79 Å². The number of rotatable bonds is 5. The van der Waals surface area contributed by atoms with Gasteiger partial charge >= 0.3 is 6.09 Å². The molecule has 168 valence electrons. The van der Waals surface area contributed by atoms with E-state index < -0.39 is 6.09 Å². The van der Waals surface area contributed by atoms with Crippen molar-refractivity contribution < 1.29 is 14.6 Å². The largest absolute Gasteiger partial charge is 0.465 e. The molecule has 0 saturated carbocycles. The molecule has 0 aliphatic carbocycles. The molecule has 4 aromatic rings. The van der Waals surface area contributed by atoms with Crippen molar-refractivity contribution in [2.75, 3.05) is 37.4 Å². The van der Waals surface area contributed by atoms with Crippen LogP contribution in [0.3, 0.4) is 0 Å². The predicted molar refractivity (Wildman–Crippen MR) is 127 cm³/mol. The normalized spacial score (nSPS) is 14.4. The third kappa shape index (κ3) is 4.50. The number of nitrogens with two attached hydrogens (primary N) is 1. The highest BCUT2D eigenvalue weighted by Gasteiger charge is 2.15. The zero-order valence-electron chi connectivity index (χ0n) is 17.9. The van der Waals surface area contributed by atoms with Crippen molar-refractivity contribution in [3.8, 4) is 22.3 Å². The van der Waals surface area contributed by atoms with Crippen molar-refractivity contribution in [1.29, 1.82) is 0 Å². The van der Waals surface area contributed by atoms with Crippen molar-refractivity contribution in [3.05, 3.63) is 60.3 Å². The lowest BCUT2D eigenvalue weighted by atomic mass is 9.96. The summed E-state index contributed by atoms with van der Waals surface area (Å²) in [7, 11) is 0. The Kier molecular flexibility index (Phi) is 5.64. The molecule has 1 amide bonds. The topological polar surface area (TPSA) is 129 Å². The van der Waals surface area contributed by atoms with Crippen molar-refractivity contribution >= 4 is 28.6 Å². The number of ether oxygens (including phenoxy) is 1. The van der Waals surface area contributed by atoms with Crippen LogP contribution >= 0.6 is 0 Å². The molecule has 1 saturated heterocycles. The Hall–Kier alpha value is -3.95. The molecule has 5 N–H and O–H groups in total. The number of hydrogen-bond donors (Lipinski definition) is 4. The summed E-state index contributed by atoms with van der Waals surface area (Å²) in [6.45, 7) is 4.35. The van der Waals surface area contributed by atoms with Gasteiger partial charge < -0.3 is 15.6 Å². The van der Waals surface area contributed by atoms with Gasteiger partial charge in [0.1, 0.15) is 5.82 Å². The second kappa shape index (κ2) is 8.89. The monoisotopic (exact) mass is 444 g/mol. The summed E-state index contributed by atoms with van der Waals surface area (Å²) in [6.07, 6.45) is 0.413. The van der Waals surface area contributed by atoms with Crippen LogP contribution in [0, 0.1) is 0 Å².